The zero-order valence-electron chi connectivity index (χ0n) is 34.8. The zero-order valence-corrected chi connectivity index (χ0v) is 34.8. The first-order valence-electron chi connectivity index (χ1n) is 22.9. The molecule has 3 aromatic carbocycles. The third-order valence-corrected chi connectivity index (χ3v) is 14.5. The SMILES string of the molecule is C1=CC2=Cc3c(c4ccccc4n3-c3ccccc3C3C=CC(N(C4=CC=C(c5ccccc5)CC4)C4=CCC(C5=CCC(C6=CCCC=C6)C=C5)CC4)CC3)CC2C=C1. The van der Waals surface area contributed by atoms with E-state index in [0.29, 0.717) is 29.7 Å². The van der Waals surface area contributed by atoms with E-state index in [2.05, 4.69) is 186 Å². The van der Waals surface area contributed by atoms with Crippen LogP contribution in [0.25, 0.3) is 28.2 Å². The van der Waals surface area contributed by atoms with Gasteiger partial charge in [-0.25, -0.2) is 0 Å². The Morgan fingerprint density at radius 3 is 2.28 bits per heavy atom. The molecule has 2 nitrogen and oxygen atoms in total. The molecule has 11 rings (SSSR count). The van der Waals surface area contributed by atoms with Gasteiger partial charge in [-0.2, -0.15) is 0 Å². The minimum absolute atomic E-state index is 0.355. The Balaban J connectivity index is 0.889. The molecule has 1 aromatic heterocycles. The number of nitrogens with zero attached hydrogens (tertiary/aromatic N) is 2. The van der Waals surface area contributed by atoms with Crippen molar-refractivity contribution in [2.24, 2.45) is 17.8 Å². The Kier molecular flexibility index (Phi) is 10.1. The molecule has 0 bridgehead atoms. The second kappa shape index (κ2) is 16.3. The standard InChI is InChI=1S/C58H56N2/c1-3-13-41(14-4-1)43-23-25-44(26-24-43)46-29-35-51(36-30-46)59(50-33-27-45(28-34-50)42-15-5-2-6-16-42)52-37-31-47(32-38-52)53-19-9-11-21-56(53)60-57-22-12-10-20-54(57)55-39-48-17-7-8-18-49(48)40-58(55)60/h2-3,5-23,25-27,31,33,35,37,40,43,46-48,52H,1,4,24,28-30,32,34,36,38-39H2. The summed E-state index contributed by atoms with van der Waals surface area (Å²) in [5, 5.41) is 1.39. The van der Waals surface area contributed by atoms with E-state index >= 15 is 0 Å². The summed E-state index contributed by atoms with van der Waals surface area (Å²) in [5.41, 5.74) is 17.2. The highest BCUT2D eigenvalue weighted by molar-refractivity contribution is 5.92. The summed E-state index contributed by atoms with van der Waals surface area (Å²) in [7, 11) is 0. The quantitative estimate of drug-likeness (QED) is 0.162. The van der Waals surface area contributed by atoms with Crippen molar-refractivity contribution >= 4 is 22.6 Å². The molecule has 0 saturated heterocycles. The number of rotatable bonds is 8. The molecule has 0 amide bonds. The summed E-state index contributed by atoms with van der Waals surface area (Å²) in [6, 6.07) is 29.7. The topological polar surface area (TPSA) is 8.17 Å². The average molecular weight is 781 g/mol. The van der Waals surface area contributed by atoms with Gasteiger partial charge in [-0.3, -0.25) is 0 Å². The molecule has 1 heterocycles. The van der Waals surface area contributed by atoms with Crippen LogP contribution in [0.1, 0.15) is 92.5 Å². The van der Waals surface area contributed by atoms with Crippen LogP contribution in [0.4, 0.5) is 0 Å². The summed E-state index contributed by atoms with van der Waals surface area (Å²) >= 11 is 0. The van der Waals surface area contributed by atoms with Crippen LogP contribution in [-0.4, -0.2) is 15.5 Å². The third kappa shape index (κ3) is 7.04. The molecule has 2 heteroatoms. The molecule has 298 valence electrons. The van der Waals surface area contributed by atoms with Gasteiger partial charge in [0.05, 0.1) is 17.3 Å². The number of hydrogen-bond donors (Lipinski definition) is 0. The molecule has 5 unspecified atom stereocenters. The maximum Gasteiger partial charge on any atom is 0.0537 e. The number of para-hydroxylation sites is 2. The summed E-state index contributed by atoms with van der Waals surface area (Å²) in [6.45, 7) is 0. The summed E-state index contributed by atoms with van der Waals surface area (Å²) in [5.74, 6) is 1.97. The Bertz CT molecular complexity index is 2660. The molecule has 7 aliphatic rings. The van der Waals surface area contributed by atoms with Crippen molar-refractivity contribution in [1.29, 1.82) is 0 Å². The van der Waals surface area contributed by atoms with Crippen LogP contribution in [-0.2, 0) is 6.42 Å². The van der Waals surface area contributed by atoms with Crippen LogP contribution in [0.5, 0.6) is 0 Å². The molecule has 0 aliphatic heterocycles. The van der Waals surface area contributed by atoms with Crippen molar-refractivity contribution < 1.29 is 0 Å². The lowest BCUT2D eigenvalue weighted by Crippen LogP contribution is -2.36. The highest BCUT2D eigenvalue weighted by Crippen LogP contribution is 2.44. The molecule has 0 fully saturated rings. The molecule has 7 aliphatic carbocycles. The van der Waals surface area contributed by atoms with Crippen LogP contribution < -0.4 is 0 Å². The maximum atomic E-state index is 2.78. The zero-order chi connectivity index (χ0) is 39.8. The summed E-state index contributed by atoms with van der Waals surface area (Å²) in [4.78, 5) is 2.78. The third-order valence-electron chi connectivity index (χ3n) is 14.5. The number of fused-ring (bicyclic) bond motifs is 4. The number of hydrogen-bond acceptors (Lipinski definition) is 1. The largest absolute Gasteiger partial charge is 0.342 e. The molecule has 0 radical (unpaired) electrons. The van der Waals surface area contributed by atoms with Gasteiger partial charge in [0.15, 0.2) is 0 Å². The van der Waals surface area contributed by atoms with E-state index in [9.17, 15) is 0 Å². The first-order valence-corrected chi connectivity index (χ1v) is 22.9. The fourth-order valence-corrected chi connectivity index (χ4v) is 11.3. The van der Waals surface area contributed by atoms with Crippen molar-refractivity contribution in [1.82, 2.24) is 9.47 Å². The second-order valence-electron chi connectivity index (χ2n) is 18.0. The monoisotopic (exact) mass is 780 g/mol. The Labute approximate surface area is 357 Å². The Hall–Kier alpha value is -5.86. The number of allylic oxidation sites excluding steroid dienone is 20. The lowest BCUT2D eigenvalue weighted by molar-refractivity contribution is 0.294. The molecule has 0 spiro atoms. The minimum atomic E-state index is 0.355. The van der Waals surface area contributed by atoms with Crippen molar-refractivity contribution in [3.63, 3.8) is 0 Å². The van der Waals surface area contributed by atoms with Gasteiger partial charge in [0.1, 0.15) is 0 Å². The van der Waals surface area contributed by atoms with E-state index in [1.165, 1.54) is 86.4 Å². The van der Waals surface area contributed by atoms with Gasteiger partial charge in [0.2, 0.25) is 0 Å². The molecular formula is C58H56N2. The van der Waals surface area contributed by atoms with Crippen LogP contribution in [0.15, 0.2) is 198 Å². The minimum Gasteiger partial charge on any atom is -0.342 e. The normalized spacial score (nSPS) is 25.7. The smallest absolute Gasteiger partial charge is 0.0537 e. The number of benzene rings is 3. The first kappa shape index (κ1) is 37.2. The molecule has 5 atom stereocenters. The van der Waals surface area contributed by atoms with Crippen molar-refractivity contribution in [2.45, 2.75) is 82.6 Å². The van der Waals surface area contributed by atoms with Crippen LogP contribution in [0.3, 0.4) is 0 Å². The van der Waals surface area contributed by atoms with E-state index in [4.69, 9.17) is 0 Å². The predicted molar refractivity (Wildman–Crippen MR) is 252 cm³/mol. The summed E-state index contributed by atoms with van der Waals surface area (Å²) in [6.07, 6.45) is 51.3. The van der Waals surface area contributed by atoms with Crippen molar-refractivity contribution in [2.75, 3.05) is 0 Å². The van der Waals surface area contributed by atoms with Gasteiger partial charge in [-0.1, -0.05) is 152 Å². The fourth-order valence-electron chi connectivity index (χ4n) is 11.3. The second-order valence-corrected chi connectivity index (χ2v) is 18.0. The van der Waals surface area contributed by atoms with Gasteiger partial charge in [0, 0.05) is 40.2 Å². The van der Waals surface area contributed by atoms with Crippen LogP contribution >= 0.6 is 0 Å². The highest BCUT2D eigenvalue weighted by atomic mass is 15.2. The average Bonchev–Trinajstić information content (AvgIpc) is 3.65. The van der Waals surface area contributed by atoms with Gasteiger partial charge >= 0.3 is 0 Å². The summed E-state index contributed by atoms with van der Waals surface area (Å²) < 4.78 is 2.58. The van der Waals surface area contributed by atoms with Gasteiger partial charge in [-0.15, -0.1) is 0 Å². The molecule has 0 N–H and O–H groups in total. The molecule has 4 aromatic rings. The van der Waals surface area contributed by atoms with E-state index in [-0.39, 0.29) is 0 Å². The predicted octanol–water partition coefficient (Wildman–Crippen LogP) is 14.6. The van der Waals surface area contributed by atoms with E-state index in [0.717, 1.165) is 51.4 Å². The van der Waals surface area contributed by atoms with Crippen LogP contribution in [0, 0.1) is 17.8 Å². The van der Waals surface area contributed by atoms with Gasteiger partial charge in [-0.05, 0) is 140 Å². The van der Waals surface area contributed by atoms with E-state index < -0.39 is 0 Å². The van der Waals surface area contributed by atoms with Gasteiger partial charge < -0.3 is 9.47 Å². The molecular weight excluding hydrogens is 725 g/mol. The first-order chi connectivity index (χ1) is 29.7. The Morgan fingerprint density at radius 1 is 0.583 bits per heavy atom. The van der Waals surface area contributed by atoms with Crippen molar-refractivity contribution in [3.8, 4) is 5.69 Å². The van der Waals surface area contributed by atoms with Gasteiger partial charge in [0.25, 0.3) is 0 Å². The molecule has 0 saturated carbocycles. The molecule has 60 heavy (non-hydrogen) atoms. The number of aromatic nitrogens is 1. The maximum absolute atomic E-state index is 2.78. The van der Waals surface area contributed by atoms with Crippen LogP contribution in [0.2, 0.25) is 0 Å². The van der Waals surface area contributed by atoms with Crippen molar-refractivity contribution in [3.05, 3.63) is 221 Å². The lowest BCUT2D eigenvalue weighted by Gasteiger charge is -2.41. The fraction of sp³-hybridized carbons (Fsp3) is 0.276. The Morgan fingerprint density at radius 2 is 1.48 bits per heavy atom. The van der Waals surface area contributed by atoms with E-state index in [1.54, 1.807) is 5.57 Å². The van der Waals surface area contributed by atoms with E-state index in [1.807, 2.05) is 0 Å². The lowest BCUT2D eigenvalue weighted by atomic mass is 9.79. The highest BCUT2D eigenvalue weighted by Gasteiger charge is 2.32.